The predicted octanol–water partition coefficient (Wildman–Crippen LogP) is 2.88. The van der Waals surface area contributed by atoms with E-state index in [4.69, 9.17) is 0 Å². The third kappa shape index (κ3) is 2.59. The Kier molecular flexibility index (Phi) is 3.47. The number of rotatable bonds is 2. The topological polar surface area (TPSA) is 46.9 Å². The molecule has 0 aliphatic rings. The molecule has 0 saturated heterocycles. The summed E-state index contributed by atoms with van der Waals surface area (Å²) in [6, 6.07) is 5.92. The van der Waals surface area contributed by atoms with E-state index in [9.17, 15) is 9.18 Å². The average molecular weight is 312 g/mol. The number of hydrogen-bond donors (Lipinski definition) is 1. The van der Waals surface area contributed by atoms with Crippen molar-refractivity contribution in [1.29, 1.82) is 0 Å². The summed E-state index contributed by atoms with van der Waals surface area (Å²) in [5.41, 5.74) is 0.882. The molecule has 0 spiro atoms. The lowest BCUT2D eigenvalue weighted by Crippen LogP contribution is -2.14. The fraction of sp³-hybridized carbons (Fsp3) is 0.167. The number of nitrogens with one attached hydrogen (secondary N) is 1. The Morgan fingerprint density at radius 1 is 1.44 bits per heavy atom. The van der Waals surface area contributed by atoms with Gasteiger partial charge in [-0.05, 0) is 25.1 Å². The molecule has 1 N–H and O–H groups in total. The van der Waals surface area contributed by atoms with Crippen LogP contribution in [0, 0.1) is 12.7 Å². The van der Waals surface area contributed by atoms with Crippen molar-refractivity contribution in [1.82, 2.24) is 9.78 Å². The molecular weight excluding hydrogens is 301 g/mol. The Bertz CT molecular complexity index is 590. The minimum absolute atomic E-state index is 0.0207. The average Bonchev–Trinajstić information content (AvgIpc) is 2.61. The predicted molar refractivity (Wildman–Crippen MR) is 70.0 cm³/mol. The molecule has 2 rings (SSSR count). The molecular formula is C12H11BrFN3O. The minimum Gasteiger partial charge on any atom is -0.305 e. The van der Waals surface area contributed by atoms with E-state index in [1.54, 1.807) is 17.8 Å². The van der Waals surface area contributed by atoms with E-state index < -0.39 is 11.7 Å². The lowest BCUT2D eigenvalue weighted by molar-refractivity contribution is 0.102. The van der Waals surface area contributed by atoms with Gasteiger partial charge < -0.3 is 5.32 Å². The second-order valence-electron chi connectivity index (χ2n) is 3.87. The van der Waals surface area contributed by atoms with E-state index in [0.717, 1.165) is 5.69 Å². The van der Waals surface area contributed by atoms with Crippen LogP contribution in [-0.4, -0.2) is 15.7 Å². The zero-order chi connectivity index (χ0) is 13.3. The Balaban J connectivity index is 2.24. The number of anilines is 1. The summed E-state index contributed by atoms with van der Waals surface area (Å²) in [6.45, 7) is 1.86. The Morgan fingerprint density at radius 2 is 2.17 bits per heavy atom. The van der Waals surface area contributed by atoms with Crippen LogP contribution >= 0.6 is 15.9 Å². The van der Waals surface area contributed by atoms with Crippen LogP contribution in [0.5, 0.6) is 0 Å². The molecule has 0 unspecified atom stereocenters. The number of carbonyl (C=O) groups is 1. The molecule has 1 amide bonds. The maximum atomic E-state index is 13.5. The van der Waals surface area contributed by atoms with E-state index in [1.807, 2.05) is 6.92 Å². The number of aryl methyl sites for hydroxylation is 2. The van der Waals surface area contributed by atoms with Gasteiger partial charge in [0.1, 0.15) is 5.82 Å². The van der Waals surface area contributed by atoms with Gasteiger partial charge in [-0.15, -0.1) is 0 Å². The van der Waals surface area contributed by atoms with Gasteiger partial charge in [0.05, 0.1) is 5.56 Å². The summed E-state index contributed by atoms with van der Waals surface area (Å²) < 4.78 is 15.8. The molecule has 6 heteroatoms. The van der Waals surface area contributed by atoms with Gasteiger partial charge in [0, 0.05) is 23.3 Å². The Hall–Kier alpha value is -1.69. The van der Waals surface area contributed by atoms with Crippen LogP contribution in [0.3, 0.4) is 0 Å². The Labute approximate surface area is 112 Å². The van der Waals surface area contributed by atoms with Gasteiger partial charge in [-0.2, -0.15) is 5.10 Å². The number of nitrogens with zero attached hydrogens (tertiary/aromatic N) is 2. The van der Waals surface area contributed by atoms with Crippen molar-refractivity contribution in [2.24, 2.45) is 7.05 Å². The van der Waals surface area contributed by atoms with Gasteiger partial charge in [-0.3, -0.25) is 9.48 Å². The molecule has 4 nitrogen and oxygen atoms in total. The molecule has 1 aromatic carbocycles. The van der Waals surface area contributed by atoms with Gasteiger partial charge in [-0.25, -0.2) is 4.39 Å². The first-order valence-electron chi connectivity index (χ1n) is 5.24. The van der Waals surface area contributed by atoms with E-state index in [0.29, 0.717) is 10.3 Å². The molecule has 18 heavy (non-hydrogen) atoms. The zero-order valence-corrected chi connectivity index (χ0v) is 11.5. The number of carbonyl (C=O) groups excluding carboxylic acids is 1. The molecule has 0 radical (unpaired) electrons. The summed E-state index contributed by atoms with van der Waals surface area (Å²) >= 11 is 3.20. The van der Waals surface area contributed by atoms with Crippen molar-refractivity contribution < 1.29 is 9.18 Å². The summed E-state index contributed by atoms with van der Waals surface area (Å²) in [5, 5.41) is 6.63. The number of aromatic nitrogens is 2. The Morgan fingerprint density at radius 3 is 2.78 bits per heavy atom. The van der Waals surface area contributed by atoms with E-state index in [1.165, 1.54) is 18.2 Å². The number of benzene rings is 1. The van der Waals surface area contributed by atoms with Crippen molar-refractivity contribution >= 4 is 27.7 Å². The summed E-state index contributed by atoms with van der Waals surface area (Å²) in [6.07, 6.45) is 0. The van der Waals surface area contributed by atoms with Gasteiger partial charge in [0.25, 0.3) is 5.91 Å². The fourth-order valence-electron chi connectivity index (χ4n) is 1.48. The van der Waals surface area contributed by atoms with Crippen LogP contribution in [0.1, 0.15) is 16.1 Å². The van der Waals surface area contributed by atoms with E-state index in [2.05, 4.69) is 26.3 Å². The number of amides is 1. The molecule has 0 atom stereocenters. The molecule has 1 aromatic heterocycles. The lowest BCUT2D eigenvalue weighted by atomic mass is 10.2. The molecule has 94 valence electrons. The molecule has 0 fully saturated rings. The van der Waals surface area contributed by atoms with Crippen molar-refractivity contribution in [2.75, 3.05) is 5.32 Å². The van der Waals surface area contributed by atoms with Crippen molar-refractivity contribution in [2.45, 2.75) is 6.92 Å². The maximum Gasteiger partial charge on any atom is 0.259 e. The summed E-state index contributed by atoms with van der Waals surface area (Å²) in [4.78, 5) is 11.9. The highest BCUT2D eigenvalue weighted by molar-refractivity contribution is 9.10. The van der Waals surface area contributed by atoms with Crippen molar-refractivity contribution in [3.63, 3.8) is 0 Å². The van der Waals surface area contributed by atoms with Crippen LogP contribution in [0.25, 0.3) is 0 Å². The minimum atomic E-state index is -0.566. The fourth-order valence-corrected chi connectivity index (χ4v) is 1.84. The third-order valence-electron chi connectivity index (χ3n) is 2.53. The first-order chi connectivity index (χ1) is 8.47. The maximum absolute atomic E-state index is 13.5. The second-order valence-corrected chi connectivity index (χ2v) is 4.79. The first kappa shape index (κ1) is 12.8. The standard InChI is InChI=1S/C12H11BrFN3O/c1-7-5-11(16-17(7)2)15-12(18)9-6-8(13)3-4-10(9)14/h3-6H,1-2H3,(H,15,16,18). The molecule has 0 aliphatic heterocycles. The highest BCUT2D eigenvalue weighted by atomic mass is 79.9. The summed E-state index contributed by atoms with van der Waals surface area (Å²) in [5.74, 6) is -0.686. The highest BCUT2D eigenvalue weighted by Crippen LogP contribution is 2.17. The number of halogens is 2. The van der Waals surface area contributed by atoms with E-state index >= 15 is 0 Å². The van der Waals surface area contributed by atoms with Crippen molar-refractivity contribution in [3.8, 4) is 0 Å². The smallest absolute Gasteiger partial charge is 0.259 e. The molecule has 1 heterocycles. The van der Waals surface area contributed by atoms with Gasteiger partial charge in [0.15, 0.2) is 5.82 Å². The third-order valence-corrected chi connectivity index (χ3v) is 3.02. The van der Waals surface area contributed by atoms with Gasteiger partial charge >= 0.3 is 0 Å². The second kappa shape index (κ2) is 4.89. The van der Waals surface area contributed by atoms with Crippen LogP contribution < -0.4 is 5.32 Å². The molecule has 0 bridgehead atoms. The summed E-state index contributed by atoms with van der Waals surface area (Å²) in [7, 11) is 1.77. The molecule has 0 saturated carbocycles. The van der Waals surface area contributed by atoms with Crippen LogP contribution in [0.4, 0.5) is 10.2 Å². The normalized spacial score (nSPS) is 10.4. The van der Waals surface area contributed by atoms with Crippen LogP contribution in [0.2, 0.25) is 0 Å². The van der Waals surface area contributed by atoms with Gasteiger partial charge in [-0.1, -0.05) is 15.9 Å². The van der Waals surface area contributed by atoms with Crippen LogP contribution in [-0.2, 0) is 7.05 Å². The monoisotopic (exact) mass is 311 g/mol. The van der Waals surface area contributed by atoms with Crippen molar-refractivity contribution in [3.05, 3.63) is 45.8 Å². The molecule has 2 aromatic rings. The quantitative estimate of drug-likeness (QED) is 0.927. The van der Waals surface area contributed by atoms with E-state index in [-0.39, 0.29) is 5.56 Å². The lowest BCUT2D eigenvalue weighted by Gasteiger charge is -2.03. The van der Waals surface area contributed by atoms with Crippen LogP contribution in [0.15, 0.2) is 28.7 Å². The highest BCUT2D eigenvalue weighted by Gasteiger charge is 2.13. The zero-order valence-electron chi connectivity index (χ0n) is 9.87. The largest absolute Gasteiger partial charge is 0.305 e. The SMILES string of the molecule is Cc1cc(NC(=O)c2cc(Br)ccc2F)nn1C. The molecule has 0 aliphatic carbocycles. The number of hydrogen-bond acceptors (Lipinski definition) is 2. The first-order valence-corrected chi connectivity index (χ1v) is 6.03. The van der Waals surface area contributed by atoms with Gasteiger partial charge in [0.2, 0.25) is 0 Å².